The van der Waals surface area contributed by atoms with Crippen molar-refractivity contribution in [2.45, 2.75) is 37.9 Å². The summed E-state index contributed by atoms with van der Waals surface area (Å²) in [7, 11) is 12.7. The van der Waals surface area contributed by atoms with E-state index < -0.39 is 12.2 Å². The van der Waals surface area contributed by atoms with Crippen LogP contribution < -0.4 is 0 Å². The third kappa shape index (κ3) is 32.5. The van der Waals surface area contributed by atoms with Gasteiger partial charge in [-0.15, -0.1) is 0 Å². The van der Waals surface area contributed by atoms with Crippen molar-refractivity contribution in [3.8, 4) is 0 Å². The molecule has 33 heavy (non-hydrogen) atoms. The summed E-state index contributed by atoms with van der Waals surface area (Å²) < 4.78 is 18.3. The minimum Gasteiger partial charge on any atom is -0.555 e. The molecule has 0 amide bonds. The van der Waals surface area contributed by atoms with E-state index >= 15 is 0 Å². The van der Waals surface area contributed by atoms with Crippen molar-refractivity contribution >= 4 is 0 Å². The van der Waals surface area contributed by atoms with E-state index in [4.69, 9.17) is 40.1 Å². The van der Waals surface area contributed by atoms with Crippen LogP contribution in [0.5, 0.6) is 0 Å². The fourth-order valence-electron chi connectivity index (χ4n) is 2.10. The first kappa shape index (κ1) is 46.7. The van der Waals surface area contributed by atoms with Gasteiger partial charge in [0.15, 0.2) is 0 Å². The van der Waals surface area contributed by atoms with Gasteiger partial charge in [-0.2, -0.15) is 0 Å². The summed E-state index contributed by atoms with van der Waals surface area (Å²) in [5.74, 6) is 0. The van der Waals surface area contributed by atoms with Gasteiger partial charge in [0.05, 0.1) is 12.2 Å². The van der Waals surface area contributed by atoms with Crippen LogP contribution in [0.1, 0.15) is 25.7 Å². The van der Waals surface area contributed by atoms with Crippen LogP contribution in [0.2, 0.25) is 0 Å². The van der Waals surface area contributed by atoms with Crippen LogP contribution in [0.25, 0.3) is 0 Å². The Kier molecular flexibility index (Phi) is 49.6. The van der Waals surface area contributed by atoms with Crippen LogP contribution >= 0.6 is 0 Å². The Morgan fingerprint density at radius 3 is 1.03 bits per heavy atom. The maximum Gasteiger partial charge on any atom is 0.0765 e. The summed E-state index contributed by atoms with van der Waals surface area (Å²) in [5, 5.41) is 51.6. The minimum atomic E-state index is -0.572. The Morgan fingerprint density at radius 1 is 0.545 bits per heavy atom. The van der Waals surface area contributed by atoms with E-state index in [0.29, 0.717) is 38.9 Å². The van der Waals surface area contributed by atoms with Gasteiger partial charge in [0.2, 0.25) is 0 Å². The molecule has 0 aliphatic rings. The standard InChI is InChI=1S/C9H18O4.2C5H11O3.4Rf/c1-12-7-9(3-5-10,4-6-11)8-13-2;2*1-8-4-5(7)2-3-6;;;;/h10-11H,1-8H2;2*5-7H,1-4H2;;;;/q-2;2*-1;;;;. The van der Waals surface area contributed by atoms with Crippen LogP contribution in [0.3, 0.4) is 0 Å². The monoisotopic (exact) mass is 1500 g/mol. The Labute approximate surface area is 175 Å². The van der Waals surface area contributed by atoms with E-state index in [-0.39, 0.29) is 45.1 Å². The first-order valence-corrected chi connectivity index (χ1v) is 9.14. The molecule has 0 saturated heterocycles. The van der Waals surface area contributed by atoms with E-state index in [1.54, 1.807) is 0 Å². The van der Waals surface area contributed by atoms with Gasteiger partial charge < -0.3 is 49.6 Å². The van der Waals surface area contributed by atoms with E-state index in [9.17, 15) is 0 Å². The Bertz CT molecular complexity index is 256. The van der Waals surface area contributed by atoms with Crippen molar-refractivity contribution in [2.24, 2.45) is 5.41 Å². The molecule has 2 unspecified atom stereocenters. The molecule has 0 spiro atoms. The molecule has 0 radical (unpaired) electrons. The van der Waals surface area contributed by atoms with Crippen molar-refractivity contribution in [3.05, 3.63) is 28.4 Å². The molecule has 6 N–H and O–H groups in total. The number of hydrogen-bond donors (Lipinski definition) is 6. The second-order valence-electron chi connectivity index (χ2n) is 6.22. The molecule has 14 heteroatoms. The number of ether oxygens (including phenoxy) is 4. The van der Waals surface area contributed by atoms with Crippen molar-refractivity contribution in [1.82, 2.24) is 0 Å². The van der Waals surface area contributed by atoms with Gasteiger partial charge in [-0.25, -0.2) is 28.4 Å². The number of aliphatic hydroxyl groups is 6. The molecule has 0 bridgehead atoms. The molecule has 10 nitrogen and oxygen atoms in total. The summed E-state index contributed by atoms with van der Waals surface area (Å²) in [4.78, 5) is 0. The van der Waals surface area contributed by atoms with Crippen LogP contribution in [0.4, 0.5) is 0 Å². The van der Waals surface area contributed by atoms with Gasteiger partial charge in [-0.1, -0.05) is 0 Å². The maximum absolute atomic E-state index is 8.85. The van der Waals surface area contributed by atoms with Gasteiger partial charge in [0, 0.05) is 58.3 Å². The number of aliphatic hydroxyl groups excluding tert-OH is 6. The number of rotatable bonds is 16. The second kappa shape index (κ2) is 35.1. The van der Waals surface area contributed by atoms with E-state index in [1.165, 1.54) is 0 Å². The summed E-state index contributed by atoms with van der Waals surface area (Å²) in [5.41, 5.74) is -0.368. The summed E-state index contributed by atoms with van der Waals surface area (Å²) in [6.07, 6.45) is 0.595. The summed E-state index contributed by atoms with van der Waals surface area (Å²) >= 11 is 0. The van der Waals surface area contributed by atoms with E-state index in [2.05, 4.69) is 37.9 Å². The molecule has 0 aliphatic heterocycles. The topological polar surface area (TPSA) is 158 Å². The molecule has 0 aromatic carbocycles. The zero-order chi connectivity index (χ0) is 23.0. The molecule has 0 aliphatic carbocycles. The zero-order valence-electron chi connectivity index (χ0n) is 20.1. The van der Waals surface area contributed by atoms with Crippen LogP contribution in [-0.2, 0) is 18.9 Å². The smallest absolute Gasteiger partial charge is 0.0765 e. The van der Waals surface area contributed by atoms with Gasteiger partial charge in [0.25, 0.3) is 0 Å². The summed E-state index contributed by atoms with van der Waals surface area (Å²) in [6.45, 7) is 1.14. The average molecular weight is 1500 g/mol. The molecule has 2 atom stereocenters. The molecule has 188 valence electrons. The van der Waals surface area contributed by atoms with Gasteiger partial charge in [-0.3, -0.25) is 0 Å². The molecular formula is C19H40O10Rf4-4. The van der Waals surface area contributed by atoms with E-state index in [1.807, 2.05) is 0 Å². The van der Waals surface area contributed by atoms with Gasteiger partial charge in [-0.05, 0) is 25.7 Å². The average Bonchev–Trinajstić information content (AvgIpc) is 2.65. The zero-order valence-corrected chi connectivity index (χ0v) is 45.7. The third-order valence-electron chi connectivity index (χ3n) is 3.65. The van der Waals surface area contributed by atoms with Crippen molar-refractivity contribution in [3.63, 3.8) is 0 Å². The second-order valence-corrected chi connectivity index (χ2v) is 6.22. The van der Waals surface area contributed by atoms with Gasteiger partial charge >= 0.3 is 0 Å². The minimum absolute atomic E-state index is 0. The quantitative estimate of drug-likeness (QED) is 0.111. The largest absolute Gasteiger partial charge is 0.555 e. The SMILES string of the molecule is [CH2-]OCC(CCO)(CCO)CO[CH2-].[CH2-]OCC(O)CCO.[CH2-]OCC(O)CCO.[Rf].[Rf].[Rf].[Rf]. The Balaban J connectivity index is -0.0000000603. The van der Waals surface area contributed by atoms with E-state index in [0.717, 1.165) is 0 Å². The first-order chi connectivity index (χ1) is 13.9. The predicted molar refractivity (Wildman–Crippen MR) is 106 cm³/mol. The molecular weight excluding hydrogens is 1460 g/mol. The first-order valence-electron chi connectivity index (χ1n) is 9.14. The fourth-order valence-corrected chi connectivity index (χ4v) is 2.10. The normalized spacial score (nSPS) is 11.5. The molecule has 0 rings (SSSR count). The summed E-state index contributed by atoms with van der Waals surface area (Å²) in [6, 6.07) is 0. The fraction of sp³-hybridized carbons (Fsp3) is 0.789. The third-order valence-corrected chi connectivity index (χ3v) is 3.65. The molecule has 0 heterocycles. The van der Waals surface area contributed by atoms with Crippen LogP contribution in [0, 0.1) is 33.9 Å². The molecule has 0 saturated carbocycles. The maximum atomic E-state index is 8.85. The van der Waals surface area contributed by atoms with Crippen molar-refractivity contribution in [1.29, 1.82) is 0 Å². The predicted octanol–water partition coefficient (Wildman–Crippen LogP) is -0.570. The van der Waals surface area contributed by atoms with Crippen molar-refractivity contribution < 1.29 is 49.6 Å². The van der Waals surface area contributed by atoms with Crippen LogP contribution in [0.15, 0.2) is 0 Å². The molecule has 0 aromatic heterocycles. The number of hydrogen-bond acceptors (Lipinski definition) is 10. The van der Waals surface area contributed by atoms with Crippen molar-refractivity contribution in [2.75, 3.05) is 52.9 Å². The molecule has 0 fully saturated rings. The molecule has 0 aromatic rings. The Morgan fingerprint density at radius 2 is 0.848 bits per heavy atom. The van der Waals surface area contributed by atoms with Gasteiger partial charge in [0.1, 0.15) is 0 Å². The van der Waals surface area contributed by atoms with Crippen LogP contribution in [-0.4, -0.2) is 95.7 Å². The Hall–Kier alpha value is -4.40.